The number of hydrogen-bond acceptors (Lipinski definition) is 21. The molecule has 0 aromatic rings. The highest BCUT2D eigenvalue weighted by Crippen LogP contribution is 2.79. The Morgan fingerprint density at radius 1 is 0.520 bits per heavy atom. The first-order valence-corrected chi connectivity index (χ1v) is 27.7. The monoisotopic (exact) mass is 1070 g/mol. The minimum atomic E-state index is -1.99. The standard InChI is InChI=1S/C54H88O21/c1-24-32(58)35(61)38(64)44(68-24)73-41-27(21-56)71-46(40(66)37(41)63)74-42-33(59)25(2)69-47(43(42)75-45-39(65)36(62)34(60)26(20-55)70-45)72-31-11-12-49(5)28(50(31,6)22-57)9-13-51(7)29(49)10-14-54-30-19-48(3,4)15-17-53(30,23-67-54)18-16-52(51,54)8/h10,14,24-47,55-66H,9,11-13,15-23H2,1-8H3/t24-,25+,26+,27+,28?,29?,30?,31-,32-,33-,34+,35+,36-,37+,38+,39+,40+,41+,42-,43+,44-,45-,46-,47-,49-,50-,51+,52-,53?,54?/m0/s1. The van der Waals surface area contributed by atoms with Crippen LogP contribution in [-0.2, 0) is 42.6 Å². The van der Waals surface area contributed by atoms with Crippen LogP contribution in [0.1, 0.15) is 113 Å². The highest BCUT2D eigenvalue weighted by atomic mass is 16.8. The first kappa shape index (κ1) is 57.1. The van der Waals surface area contributed by atoms with E-state index in [1.807, 2.05) is 6.92 Å². The van der Waals surface area contributed by atoms with Crippen LogP contribution in [0.5, 0.6) is 0 Å². The lowest BCUT2D eigenvalue weighted by molar-refractivity contribution is -0.403. The molecule has 5 unspecified atom stereocenters. The van der Waals surface area contributed by atoms with E-state index in [9.17, 15) is 61.3 Å². The normalized spacial score (nSPS) is 58.3. The topological polar surface area (TPSA) is 326 Å². The molecule has 10 aliphatic rings. The van der Waals surface area contributed by atoms with Crippen LogP contribution in [-0.4, -0.2) is 222 Å². The minimum Gasteiger partial charge on any atom is -0.396 e. The van der Waals surface area contributed by atoms with E-state index < -0.39 is 148 Å². The molecule has 0 aromatic heterocycles. The van der Waals surface area contributed by atoms with E-state index >= 15 is 0 Å². The van der Waals surface area contributed by atoms with Crippen molar-refractivity contribution in [3.63, 3.8) is 0 Å². The average molecular weight is 1070 g/mol. The zero-order valence-electron chi connectivity index (χ0n) is 44.7. The van der Waals surface area contributed by atoms with Gasteiger partial charge in [0.2, 0.25) is 0 Å². The Hall–Kier alpha value is -1.10. The number of rotatable bonds is 11. The predicted octanol–water partition coefficient (Wildman–Crippen LogP) is -0.518. The SMILES string of the molecule is C[C@@H]1O[C@@H](O[C@H]2[C@H](O)[C@@H](O)[C@H](O[C@H]3[C@@H](O)[C@@H](C)O[C@@H](O[C@H]4CC[C@@]5(C)C(CC[C@]6(C)C5C=CC57OCC8(CCC(C)(C)CC85)CC[C@]76C)[C@]4(C)CO)[C@@H]3O[C@@H]3O[C@H](CO)[C@@H](O)[C@H](O)[C@H]3O)O[C@@H]2CO)[C@H](O)[C@H](O)[C@H]1O. The maximum absolute atomic E-state index is 12.0. The molecule has 430 valence electrons. The maximum atomic E-state index is 12.0. The van der Waals surface area contributed by atoms with Gasteiger partial charge in [0.05, 0.1) is 50.3 Å². The van der Waals surface area contributed by atoms with Gasteiger partial charge in [-0.2, -0.15) is 0 Å². The second-order valence-electron chi connectivity index (χ2n) is 26.5. The molecule has 1 spiro atoms. The quantitative estimate of drug-likeness (QED) is 0.0915. The third-order valence-electron chi connectivity index (χ3n) is 22.1. The summed E-state index contributed by atoms with van der Waals surface area (Å²) in [5.41, 5.74) is -1.37. The largest absolute Gasteiger partial charge is 0.396 e. The lowest BCUT2D eigenvalue weighted by atomic mass is 9.32. The highest BCUT2D eigenvalue weighted by Gasteiger charge is 2.77. The summed E-state index contributed by atoms with van der Waals surface area (Å²) in [6, 6.07) is 0. The van der Waals surface area contributed by atoms with Crippen molar-refractivity contribution in [3.05, 3.63) is 12.2 Å². The molecular weight excluding hydrogens is 985 g/mol. The molecule has 21 heteroatoms. The molecule has 9 fully saturated rings. The second-order valence-corrected chi connectivity index (χ2v) is 26.5. The van der Waals surface area contributed by atoms with Gasteiger partial charge in [0.25, 0.3) is 0 Å². The van der Waals surface area contributed by atoms with Crippen LogP contribution < -0.4 is 0 Å². The van der Waals surface area contributed by atoms with Crippen LogP contribution in [0.25, 0.3) is 0 Å². The molecule has 21 nitrogen and oxygen atoms in total. The molecule has 2 bridgehead atoms. The van der Waals surface area contributed by atoms with E-state index in [0.717, 1.165) is 38.7 Å². The zero-order chi connectivity index (χ0) is 54.3. The van der Waals surface area contributed by atoms with Crippen LogP contribution in [0, 0.1) is 50.2 Å². The molecule has 30 atom stereocenters. The van der Waals surface area contributed by atoms with Gasteiger partial charge in [0.1, 0.15) is 85.5 Å². The van der Waals surface area contributed by atoms with E-state index in [0.29, 0.717) is 18.8 Å². The summed E-state index contributed by atoms with van der Waals surface area (Å²) in [5.74, 6) is 0.524. The fourth-order valence-corrected chi connectivity index (χ4v) is 17.1. The van der Waals surface area contributed by atoms with E-state index in [1.165, 1.54) is 19.8 Å². The van der Waals surface area contributed by atoms with Gasteiger partial charge in [-0.1, -0.05) is 53.7 Å². The lowest BCUT2D eigenvalue weighted by Gasteiger charge is -2.73. The fraction of sp³-hybridized carbons (Fsp3) is 0.963. The van der Waals surface area contributed by atoms with Gasteiger partial charge in [-0.15, -0.1) is 0 Å². The van der Waals surface area contributed by atoms with E-state index in [2.05, 4.69) is 46.8 Å². The third-order valence-corrected chi connectivity index (χ3v) is 22.1. The molecule has 5 heterocycles. The van der Waals surface area contributed by atoms with Crippen molar-refractivity contribution in [2.45, 2.75) is 248 Å². The zero-order valence-corrected chi connectivity index (χ0v) is 44.7. The van der Waals surface area contributed by atoms with Crippen LogP contribution >= 0.6 is 0 Å². The highest BCUT2D eigenvalue weighted by molar-refractivity contribution is 5.35. The van der Waals surface area contributed by atoms with Crippen molar-refractivity contribution < 1.29 is 104 Å². The fourth-order valence-electron chi connectivity index (χ4n) is 17.1. The Morgan fingerprint density at radius 3 is 1.76 bits per heavy atom. The first-order valence-electron chi connectivity index (χ1n) is 27.7. The van der Waals surface area contributed by atoms with Crippen molar-refractivity contribution in [1.82, 2.24) is 0 Å². The average Bonchev–Trinajstić information content (AvgIpc) is 3.63. The molecule has 5 saturated heterocycles. The van der Waals surface area contributed by atoms with Crippen LogP contribution in [0.2, 0.25) is 0 Å². The Labute approximate surface area is 439 Å². The molecule has 5 aliphatic heterocycles. The number of allylic oxidation sites excluding steroid dienone is 1. The summed E-state index contributed by atoms with van der Waals surface area (Å²) in [5, 5.41) is 132. The molecule has 10 rings (SSSR count). The van der Waals surface area contributed by atoms with Gasteiger partial charge in [-0.25, -0.2) is 0 Å². The summed E-state index contributed by atoms with van der Waals surface area (Å²) in [7, 11) is 0. The maximum Gasteiger partial charge on any atom is 0.187 e. The molecule has 0 radical (unpaired) electrons. The third kappa shape index (κ3) is 8.64. The first-order chi connectivity index (χ1) is 35.2. The van der Waals surface area contributed by atoms with Gasteiger partial charge in [0, 0.05) is 16.7 Å². The van der Waals surface area contributed by atoms with Crippen molar-refractivity contribution in [1.29, 1.82) is 0 Å². The molecule has 4 saturated carbocycles. The van der Waals surface area contributed by atoms with E-state index in [4.69, 9.17) is 42.6 Å². The van der Waals surface area contributed by atoms with Crippen LogP contribution in [0.3, 0.4) is 0 Å². The van der Waals surface area contributed by atoms with Crippen LogP contribution in [0.4, 0.5) is 0 Å². The number of ether oxygens (including phenoxy) is 9. The Bertz CT molecular complexity index is 2070. The van der Waals surface area contributed by atoms with Crippen LogP contribution in [0.15, 0.2) is 12.2 Å². The summed E-state index contributed by atoms with van der Waals surface area (Å²) < 4.78 is 56.6. The van der Waals surface area contributed by atoms with Crippen molar-refractivity contribution >= 4 is 0 Å². The molecule has 0 aromatic carbocycles. The Kier molecular flexibility index (Phi) is 15.3. The van der Waals surface area contributed by atoms with Crippen molar-refractivity contribution in [2.24, 2.45) is 50.2 Å². The van der Waals surface area contributed by atoms with Crippen molar-refractivity contribution in [2.75, 3.05) is 26.4 Å². The van der Waals surface area contributed by atoms with Gasteiger partial charge < -0.3 is 104 Å². The summed E-state index contributed by atoms with van der Waals surface area (Å²) >= 11 is 0. The second kappa shape index (κ2) is 20.1. The van der Waals surface area contributed by atoms with E-state index in [-0.39, 0.29) is 51.1 Å². The lowest BCUT2D eigenvalue weighted by Crippen LogP contribution is -2.71. The number of fused-ring (bicyclic) bond motifs is 4. The summed E-state index contributed by atoms with van der Waals surface area (Å²) in [6.07, 6.45) is -19.8. The van der Waals surface area contributed by atoms with Gasteiger partial charge >= 0.3 is 0 Å². The Morgan fingerprint density at radius 2 is 1.09 bits per heavy atom. The van der Waals surface area contributed by atoms with Gasteiger partial charge in [0.15, 0.2) is 25.2 Å². The molecule has 0 amide bonds. The number of aliphatic hydroxyl groups is 12. The number of aliphatic hydroxyl groups excluding tert-OH is 12. The number of hydrogen-bond donors (Lipinski definition) is 12. The van der Waals surface area contributed by atoms with Crippen molar-refractivity contribution in [3.8, 4) is 0 Å². The Balaban J connectivity index is 0.932. The molecular formula is C54H88O21. The predicted molar refractivity (Wildman–Crippen MR) is 259 cm³/mol. The molecule has 5 aliphatic carbocycles. The smallest absolute Gasteiger partial charge is 0.187 e. The van der Waals surface area contributed by atoms with Gasteiger partial charge in [-0.3, -0.25) is 0 Å². The molecule has 75 heavy (non-hydrogen) atoms. The minimum absolute atomic E-state index is 0.0621. The van der Waals surface area contributed by atoms with Gasteiger partial charge in [-0.05, 0) is 105 Å². The summed E-state index contributed by atoms with van der Waals surface area (Å²) in [4.78, 5) is 0. The van der Waals surface area contributed by atoms with E-state index in [1.54, 1.807) is 6.92 Å². The molecule has 12 N–H and O–H groups in total. The summed E-state index contributed by atoms with van der Waals surface area (Å²) in [6.45, 7) is 16.1.